The Morgan fingerprint density at radius 1 is 1.25 bits per heavy atom. The first-order chi connectivity index (χ1) is 7.68. The fourth-order valence-electron chi connectivity index (χ4n) is 2.11. The Balaban J connectivity index is 2.34. The van der Waals surface area contributed by atoms with Gasteiger partial charge < -0.3 is 4.90 Å². The number of hydrogen-bond donors (Lipinski definition) is 0. The summed E-state index contributed by atoms with van der Waals surface area (Å²) in [5, 5.41) is 0. The second-order valence-corrected chi connectivity index (χ2v) is 5.46. The smallest absolute Gasteiger partial charge is 0.124 e. The summed E-state index contributed by atoms with van der Waals surface area (Å²) in [5.41, 5.74) is 0.932. The van der Waals surface area contributed by atoms with Crippen LogP contribution in [0.15, 0.2) is 23.1 Å². The van der Waals surface area contributed by atoms with E-state index in [4.69, 9.17) is 0 Å². The van der Waals surface area contributed by atoms with Gasteiger partial charge >= 0.3 is 0 Å². The maximum atomic E-state index is 13.1. The van der Waals surface area contributed by atoms with Crippen LogP contribution in [0.25, 0.3) is 0 Å². The van der Waals surface area contributed by atoms with E-state index in [1.165, 1.54) is 18.6 Å². The molecule has 0 amide bonds. The summed E-state index contributed by atoms with van der Waals surface area (Å²) >= 11 is 0. The molecule has 1 saturated heterocycles. The summed E-state index contributed by atoms with van der Waals surface area (Å²) in [6, 6.07) is 4.58. The van der Waals surface area contributed by atoms with E-state index in [0.29, 0.717) is 4.90 Å². The van der Waals surface area contributed by atoms with Gasteiger partial charge in [0.15, 0.2) is 0 Å². The SMILES string of the molecule is CS(=O)c1cc(F)ccc1N1CCCCC1. The summed E-state index contributed by atoms with van der Waals surface area (Å²) < 4.78 is 24.7. The minimum atomic E-state index is -1.13. The summed E-state index contributed by atoms with van der Waals surface area (Å²) in [6.45, 7) is 1.96. The average molecular weight is 241 g/mol. The molecule has 2 rings (SSSR count). The van der Waals surface area contributed by atoms with Crippen LogP contribution < -0.4 is 4.90 Å². The highest BCUT2D eigenvalue weighted by Crippen LogP contribution is 2.27. The number of piperidine rings is 1. The molecule has 1 heterocycles. The maximum absolute atomic E-state index is 13.1. The standard InChI is InChI=1S/C12H16FNOS/c1-16(15)12-9-10(13)5-6-11(12)14-7-3-2-4-8-14/h5-6,9H,2-4,7-8H2,1H3. The third kappa shape index (κ3) is 2.43. The fraction of sp³-hybridized carbons (Fsp3) is 0.500. The monoisotopic (exact) mass is 241 g/mol. The number of nitrogens with zero attached hydrogens (tertiary/aromatic N) is 1. The van der Waals surface area contributed by atoms with Gasteiger partial charge in [-0.2, -0.15) is 0 Å². The molecule has 4 heteroatoms. The molecule has 0 spiro atoms. The zero-order valence-corrected chi connectivity index (χ0v) is 10.2. The van der Waals surface area contributed by atoms with Gasteiger partial charge in [-0.1, -0.05) is 0 Å². The van der Waals surface area contributed by atoms with Crippen LogP contribution in [0.4, 0.5) is 10.1 Å². The summed E-state index contributed by atoms with van der Waals surface area (Å²) in [5.74, 6) is -0.314. The highest BCUT2D eigenvalue weighted by molar-refractivity contribution is 7.84. The minimum Gasteiger partial charge on any atom is -0.371 e. The lowest BCUT2D eigenvalue weighted by atomic mass is 10.1. The normalized spacial score (nSPS) is 18.5. The van der Waals surface area contributed by atoms with Crippen molar-refractivity contribution in [2.45, 2.75) is 24.2 Å². The van der Waals surface area contributed by atoms with Gasteiger partial charge in [0.1, 0.15) is 5.82 Å². The lowest BCUT2D eigenvalue weighted by Crippen LogP contribution is -2.30. The molecule has 0 aliphatic carbocycles. The molecule has 1 fully saturated rings. The largest absolute Gasteiger partial charge is 0.371 e. The third-order valence-electron chi connectivity index (χ3n) is 2.93. The second kappa shape index (κ2) is 4.95. The molecule has 1 aromatic carbocycles. The number of anilines is 1. The van der Waals surface area contributed by atoms with Crippen molar-refractivity contribution in [3.63, 3.8) is 0 Å². The molecule has 0 N–H and O–H groups in total. The molecule has 1 aliphatic heterocycles. The molecule has 0 aromatic heterocycles. The van der Waals surface area contributed by atoms with E-state index in [1.54, 1.807) is 12.3 Å². The first kappa shape index (κ1) is 11.6. The van der Waals surface area contributed by atoms with Crippen LogP contribution in [0.5, 0.6) is 0 Å². The van der Waals surface area contributed by atoms with E-state index in [2.05, 4.69) is 4.90 Å². The Morgan fingerprint density at radius 2 is 1.94 bits per heavy atom. The van der Waals surface area contributed by atoms with Gasteiger partial charge in [-0.3, -0.25) is 4.21 Å². The van der Waals surface area contributed by atoms with Gasteiger partial charge in [-0.25, -0.2) is 4.39 Å². The highest BCUT2D eigenvalue weighted by atomic mass is 32.2. The van der Waals surface area contributed by atoms with Crippen LogP contribution in [-0.2, 0) is 10.8 Å². The highest BCUT2D eigenvalue weighted by Gasteiger charge is 2.16. The van der Waals surface area contributed by atoms with E-state index >= 15 is 0 Å². The predicted octanol–water partition coefficient (Wildman–Crippen LogP) is 2.55. The van der Waals surface area contributed by atoms with Gasteiger partial charge in [0.2, 0.25) is 0 Å². The molecule has 1 aliphatic rings. The van der Waals surface area contributed by atoms with Crippen molar-refractivity contribution >= 4 is 16.5 Å². The molecule has 16 heavy (non-hydrogen) atoms. The molecule has 1 aromatic rings. The molecule has 0 bridgehead atoms. The molecule has 0 saturated carbocycles. The number of benzene rings is 1. The van der Waals surface area contributed by atoms with Crippen LogP contribution in [0.3, 0.4) is 0 Å². The Hall–Kier alpha value is -0.900. The number of rotatable bonds is 2. The first-order valence-corrected chi connectivity index (χ1v) is 7.12. The van der Waals surface area contributed by atoms with E-state index in [-0.39, 0.29) is 5.82 Å². The van der Waals surface area contributed by atoms with E-state index in [9.17, 15) is 8.60 Å². The molecular weight excluding hydrogens is 225 g/mol. The molecule has 2 nitrogen and oxygen atoms in total. The summed E-state index contributed by atoms with van der Waals surface area (Å²) in [6.07, 6.45) is 5.17. The van der Waals surface area contributed by atoms with Crippen molar-refractivity contribution in [1.82, 2.24) is 0 Å². The van der Waals surface area contributed by atoms with Crippen LogP contribution in [-0.4, -0.2) is 23.6 Å². The maximum Gasteiger partial charge on any atom is 0.124 e. The van der Waals surface area contributed by atoms with Gasteiger partial charge in [0.25, 0.3) is 0 Å². The number of halogens is 1. The van der Waals surface area contributed by atoms with Crippen molar-refractivity contribution < 1.29 is 8.60 Å². The Bertz CT molecular complexity index is 402. The van der Waals surface area contributed by atoms with E-state index < -0.39 is 10.8 Å². The predicted molar refractivity (Wildman–Crippen MR) is 64.8 cm³/mol. The van der Waals surface area contributed by atoms with Crippen molar-refractivity contribution in [3.8, 4) is 0 Å². The lowest BCUT2D eigenvalue weighted by molar-refractivity contribution is 0.572. The van der Waals surface area contributed by atoms with Gasteiger partial charge in [-0.05, 0) is 37.5 Å². The van der Waals surface area contributed by atoms with Gasteiger partial charge in [-0.15, -0.1) is 0 Å². The first-order valence-electron chi connectivity index (χ1n) is 5.56. The zero-order valence-electron chi connectivity index (χ0n) is 9.41. The second-order valence-electron chi connectivity index (χ2n) is 4.11. The van der Waals surface area contributed by atoms with Crippen molar-refractivity contribution in [3.05, 3.63) is 24.0 Å². The van der Waals surface area contributed by atoms with E-state index in [0.717, 1.165) is 31.6 Å². The van der Waals surface area contributed by atoms with Crippen molar-refractivity contribution in [2.75, 3.05) is 24.2 Å². The van der Waals surface area contributed by atoms with Crippen LogP contribution in [0, 0.1) is 5.82 Å². The van der Waals surface area contributed by atoms with Crippen molar-refractivity contribution in [1.29, 1.82) is 0 Å². The molecular formula is C12H16FNOS. The Kier molecular flexibility index (Phi) is 3.59. The summed E-state index contributed by atoms with van der Waals surface area (Å²) in [4.78, 5) is 2.82. The van der Waals surface area contributed by atoms with Crippen molar-refractivity contribution in [2.24, 2.45) is 0 Å². The molecule has 88 valence electrons. The summed E-state index contributed by atoms with van der Waals surface area (Å²) in [7, 11) is -1.13. The third-order valence-corrected chi connectivity index (χ3v) is 3.87. The van der Waals surface area contributed by atoms with Crippen LogP contribution in [0.2, 0.25) is 0 Å². The zero-order chi connectivity index (χ0) is 11.5. The van der Waals surface area contributed by atoms with Gasteiger partial charge in [0, 0.05) is 19.3 Å². The average Bonchev–Trinajstić information content (AvgIpc) is 2.30. The van der Waals surface area contributed by atoms with E-state index in [1.807, 2.05) is 0 Å². The quantitative estimate of drug-likeness (QED) is 0.793. The Labute approximate surface area is 97.9 Å². The van der Waals surface area contributed by atoms with Crippen LogP contribution in [0.1, 0.15) is 19.3 Å². The Morgan fingerprint density at radius 3 is 2.56 bits per heavy atom. The van der Waals surface area contributed by atoms with Gasteiger partial charge in [0.05, 0.1) is 21.4 Å². The lowest BCUT2D eigenvalue weighted by Gasteiger charge is -2.30. The topological polar surface area (TPSA) is 20.3 Å². The van der Waals surface area contributed by atoms with Crippen LogP contribution >= 0.6 is 0 Å². The minimum absolute atomic E-state index is 0.314. The molecule has 1 atom stereocenters. The molecule has 1 unspecified atom stereocenters. The molecule has 0 radical (unpaired) electrons. The number of hydrogen-bond acceptors (Lipinski definition) is 2. The fourth-order valence-corrected chi connectivity index (χ4v) is 2.88.